The molecule has 168 valence electrons. The zero-order chi connectivity index (χ0) is 22.3. The Labute approximate surface area is 185 Å². The third kappa shape index (κ3) is 3.96. The molecule has 3 heterocycles. The highest BCUT2D eigenvalue weighted by atomic mass is 32.2. The van der Waals surface area contributed by atoms with E-state index >= 15 is 0 Å². The molecule has 2 atom stereocenters. The number of hydrogen-bond donors (Lipinski definition) is 1. The van der Waals surface area contributed by atoms with Crippen LogP contribution < -0.4 is 19.8 Å². The summed E-state index contributed by atoms with van der Waals surface area (Å²) in [6, 6.07) is 3.79. The Kier molecular flexibility index (Phi) is 5.83. The number of ether oxygens (including phenoxy) is 4. The van der Waals surface area contributed by atoms with Gasteiger partial charge in [0.15, 0.2) is 17.3 Å². The number of fused-ring (bicyclic) bond motifs is 1. The molecule has 2 aliphatic heterocycles. The van der Waals surface area contributed by atoms with E-state index in [-0.39, 0.29) is 22.5 Å². The number of aromatic nitrogens is 2. The fourth-order valence-electron chi connectivity index (χ4n) is 4.37. The molecular formula is C22H29N3O5S. The highest BCUT2D eigenvalue weighted by Crippen LogP contribution is 2.50. The highest BCUT2D eigenvalue weighted by Gasteiger charge is 2.37. The summed E-state index contributed by atoms with van der Waals surface area (Å²) >= 11 is 1.53. The highest BCUT2D eigenvalue weighted by molar-refractivity contribution is 8.14. The van der Waals surface area contributed by atoms with Crippen molar-refractivity contribution in [2.75, 3.05) is 27.9 Å². The zero-order valence-electron chi connectivity index (χ0n) is 18.8. The minimum absolute atomic E-state index is 0.118. The molecule has 1 aromatic heterocycles. The van der Waals surface area contributed by atoms with Crippen LogP contribution in [0.2, 0.25) is 0 Å². The predicted molar refractivity (Wildman–Crippen MR) is 122 cm³/mol. The van der Waals surface area contributed by atoms with Crippen LogP contribution in [0.4, 0.5) is 5.82 Å². The monoisotopic (exact) mass is 447 g/mol. The van der Waals surface area contributed by atoms with Gasteiger partial charge in [-0.1, -0.05) is 11.8 Å². The van der Waals surface area contributed by atoms with Crippen LogP contribution in [-0.2, 0) is 4.74 Å². The lowest BCUT2D eigenvalue weighted by Crippen LogP contribution is -2.35. The molecule has 4 rings (SSSR count). The number of hydrogen-bond acceptors (Lipinski definition) is 7. The third-order valence-electron chi connectivity index (χ3n) is 5.80. The first-order valence-electron chi connectivity index (χ1n) is 10.3. The quantitative estimate of drug-likeness (QED) is 0.739. The summed E-state index contributed by atoms with van der Waals surface area (Å²) < 4.78 is 24.4. The van der Waals surface area contributed by atoms with Crippen molar-refractivity contribution in [1.29, 1.82) is 0 Å². The van der Waals surface area contributed by atoms with Gasteiger partial charge in [0.25, 0.3) is 5.56 Å². The minimum Gasteiger partial charge on any atom is -0.496 e. The molecule has 1 N–H and O–H groups in total. The number of methoxy groups -OCH3 is 3. The summed E-state index contributed by atoms with van der Waals surface area (Å²) in [5.74, 6) is 2.48. The van der Waals surface area contributed by atoms with Gasteiger partial charge in [-0.15, -0.1) is 0 Å². The molecule has 1 aromatic carbocycles. The lowest BCUT2D eigenvalue weighted by Gasteiger charge is -2.36. The predicted octanol–water partition coefficient (Wildman–Crippen LogP) is 4.22. The summed E-state index contributed by atoms with van der Waals surface area (Å²) in [4.78, 5) is 17.9. The SMILES string of the molecule is COc1cc(OC)c([C@@H]2SC(C)=Nc3c2c(=O)[nH]n3[C@@H]2CCOC(C)(C)C2)cc1OC. The summed E-state index contributed by atoms with van der Waals surface area (Å²) in [5, 5.41) is 3.67. The second-order valence-electron chi connectivity index (χ2n) is 8.38. The Morgan fingerprint density at radius 2 is 1.84 bits per heavy atom. The second kappa shape index (κ2) is 8.27. The lowest BCUT2D eigenvalue weighted by molar-refractivity contribution is -0.0705. The molecule has 1 saturated heterocycles. The smallest absolute Gasteiger partial charge is 0.271 e. The minimum atomic E-state index is -0.278. The van der Waals surface area contributed by atoms with Crippen molar-refractivity contribution in [2.45, 2.75) is 50.5 Å². The van der Waals surface area contributed by atoms with E-state index in [1.807, 2.05) is 17.7 Å². The van der Waals surface area contributed by atoms with Gasteiger partial charge in [-0.3, -0.25) is 14.6 Å². The molecule has 0 aliphatic carbocycles. The lowest BCUT2D eigenvalue weighted by atomic mass is 9.94. The fraction of sp³-hybridized carbons (Fsp3) is 0.545. The number of rotatable bonds is 5. The molecule has 0 saturated carbocycles. The third-order valence-corrected chi connectivity index (χ3v) is 6.96. The molecule has 9 heteroatoms. The van der Waals surface area contributed by atoms with Gasteiger partial charge in [0.2, 0.25) is 0 Å². The van der Waals surface area contributed by atoms with E-state index in [4.69, 9.17) is 23.9 Å². The van der Waals surface area contributed by atoms with Crippen molar-refractivity contribution < 1.29 is 18.9 Å². The number of aliphatic imine (C=N–C) groups is 1. The Morgan fingerprint density at radius 3 is 2.48 bits per heavy atom. The van der Waals surface area contributed by atoms with E-state index in [2.05, 4.69) is 18.9 Å². The van der Waals surface area contributed by atoms with Crippen LogP contribution in [0.5, 0.6) is 17.2 Å². The van der Waals surface area contributed by atoms with Gasteiger partial charge in [-0.2, -0.15) is 0 Å². The van der Waals surface area contributed by atoms with E-state index in [1.54, 1.807) is 27.4 Å². The van der Waals surface area contributed by atoms with Gasteiger partial charge in [0.1, 0.15) is 5.75 Å². The molecule has 0 amide bonds. The molecular weight excluding hydrogens is 418 g/mol. The molecule has 0 bridgehead atoms. The first-order chi connectivity index (χ1) is 14.8. The normalized spacial score (nSPS) is 22.5. The summed E-state index contributed by atoms with van der Waals surface area (Å²) in [6.45, 7) is 6.77. The summed E-state index contributed by atoms with van der Waals surface area (Å²) in [6.07, 6.45) is 1.63. The number of nitrogens with zero attached hydrogens (tertiary/aromatic N) is 2. The van der Waals surface area contributed by atoms with E-state index in [0.29, 0.717) is 35.2 Å². The van der Waals surface area contributed by atoms with E-state index in [9.17, 15) is 4.79 Å². The summed E-state index contributed by atoms with van der Waals surface area (Å²) in [7, 11) is 4.79. The van der Waals surface area contributed by atoms with E-state index < -0.39 is 0 Å². The maximum absolute atomic E-state index is 13.2. The second-order valence-corrected chi connectivity index (χ2v) is 9.68. The number of benzene rings is 1. The number of aromatic amines is 1. The van der Waals surface area contributed by atoms with Crippen molar-refractivity contribution in [1.82, 2.24) is 9.78 Å². The first kappa shape index (κ1) is 21.8. The van der Waals surface area contributed by atoms with E-state index in [0.717, 1.165) is 23.4 Å². The van der Waals surface area contributed by atoms with Crippen LogP contribution in [0, 0.1) is 0 Å². The molecule has 31 heavy (non-hydrogen) atoms. The zero-order valence-corrected chi connectivity index (χ0v) is 19.6. The van der Waals surface area contributed by atoms with E-state index in [1.165, 1.54) is 11.8 Å². The summed E-state index contributed by atoms with van der Waals surface area (Å²) in [5.41, 5.74) is 1.09. The number of thioether (sulfide) groups is 1. The van der Waals surface area contributed by atoms with Crippen LogP contribution in [-0.4, -0.2) is 48.4 Å². The number of nitrogens with one attached hydrogen (secondary N) is 1. The number of H-pyrrole nitrogens is 1. The van der Waals surface area contributed by atoms with Gasteiger partial charge >= 0.3 is 0 Å². The van der Waals surface area contributed by atoms with Gasteiger partial charge in [-0.25, -0.2) is 4.99 Å². The van der Waals surface area contributed by atoms with Crippen LogP contribution in [0.3, 0.4) is 0 Å². The fourth-order valence-corrected chi connectivity index (χ4v) is 5.49. The average molecular weight is 448 g/mol. The maximum atomic E-state index is 13.2. The Morgan fingerprint density at radius 1 is 1.16 bits per heavy atom. The molecule has 2 aromatic rings. The van der Waals surface area contributed by atoms with Crippen LogP contribution in [0.15, 0.2) is 21.9 Å². The molecule has 0 spiro atoms. The molecule has 1 fully saturated rings. The van der Waals surface area contributed by atoms with Crippen LogP contribution in [0.1, 0.15) is 56.0 Å². The first-order valence-corrected chi connectivity index (χ1v) is 11.2. The van der Waals surface area contributed by atoms with Crippen molar-refractivity contribution in [3.8, 4) is 17.2 Å². The molecule has 0 radical (unpaired) electrons. The van der Waals surface area contributed by atoms with Gasteiger partial charge in [0, 0.05) is 18.2 Å². The van der Waals surface area contributed by atoms with Gasteiger partial charge < -0.3 is 18.9 Å². The average Bonchev–Trinajstić information content (AvgIpc) is 3.07. The maximum Gasteiger partial charge on any atom is 0.271 e. The van der Waals surface area contributed by atoms with Crippen LogP contribution >= 0.6 is 11.8 Å². The Balaban J connectivity index is 1.84. The standard InChI is InChI=1S/C22H29N3O5S/c1-12-23-20-18(21(26)24-25(20)13-7-8-30-22(2,3)11-13)19(31-12)14-9-16(28-5)17(29-6)10-15(14)27-4/h9-10,13,19H,7-8,11H2,1-6H3,(H,24,26)/t13-,19+/m1/s1. The largest absolute Gasteiger partial charge is 0.496 e. The van der Waals surface area contributed by atoms with Crippen molar-refractivity contribution >= 4 is 22.6 Å². The van der Waals surface area contributed by atoms with Crippen molar-refractivity contribution in [2.24, 2.45) is 4.99 Å². The van der Waals surface area contributed by atoms with Gasteiger partial charge in [-0.05, 0) is 39.7 Å². The van der Waals surface area contributed by atoms with Crippen molar-refractivity contribution in [3.05, 3.63) is 33.6 Å². The Hall–Kier alpha value is -2.39. The molecule has 0 unspecified atom stereocenters. The van der Waals surface area contributed by atoms with Gasteiger partial charge in [0.05, 0.1) is 48.8 Å². The molecule has 8 nitrogen and oxygen atoms in total. The van der Waals surface area contributed by atoms with Crippen LogP contribution in [0.25, 0.3) is 0 Å². The topological polar surface area (TPSA) is 87.1 Å². The van der Waals surface area contributed by atoms with Crippen molar-refractivity contribution in [3.63, 3.8) is 0 Å². The Bertz CT molecular complexity index is 1070. The molecule has 2 aliphatic rings.